The maximum atomic E-state index is 5.24. The van der Waals surface area contributed by atoms with Crippen molar-refractivity contribution in [3.8, 4) is 0 Å². The lowest BCUT2D eigenvalue weighted by atomic mass is 9.82. The largest absolute Gasteiger partial charge is 0.361 e. The van der Waals surface area contributed by atoms with Gasteiger partial charge in [0, 0.05) is 31.7 Å². The van der Waals surface area contributed by atoms with Crippen LogP contribution in [0.4, 0.5) is 0 Å². The molecule has 1 aliphatic heterocycles. The van der Waals surface area contributed by atoms with Crippen molar-refractivity contribution in [1.29, 1.82) is 0 Å². The molecule has 128 valence electrons. The first kappa shape index (κ1) is 16.3. The maximum Gasteiger partial charge on any atom is 0.193 e. The summed E-state index contributed by atoms with van der Waals surface area (Å²) in [5.74, 6) is 3.79. The first-order valence-electron chi connectivity index (χ1n) is 9.14. The fraction of sp³-hybridized carbons (Fsp3) is 0.778. The highest BCUT2D eigenvalue weighted by atomic mass is 16.5. The Morgan fingerprint density at radius 2 is 1.96 bits per heavy atom. The fourth-order valence-electron chi connectivity index (χ4n) is 4.14. The Kier molecular flexibility index (Phi) is 5.23. The highest BCUT2D eigenvalue weighted by Gasteiger charge is 2.35. The molecular weight excluding hydrogens is 288 g/mol. The third-order valence-electron chi connectivity index (χ3n) is 5.42. The van der Waals surface area contributed by atoms with Crippen LogP contribution < -0.4 is 5.32 Å². The molecule has 3 rings (SSSR count). The molecule has 1 N–H and O–H groups in total. The molecule has 0 amide bonds. The number of aromatic nitrogens is 1. The minimum Gasteiger partial charge on any atom is -0.361 e. The van der Waals surface area contributed by atoms with Crippen LogP contribution in [0.15, 0.2) is 9.52 Å². The predicted molar refractivity (Wildman–Crippen MR) is 92.7 cm³/mol. The van der Waals surface area contributed by atoms with Crippen LogP contribution in [-0.2, 0) is 6.42 Å². The first-order valence-corrected chi connectivity index (χ1v) is 9.14. The number of aryl methyl sites for hydroxylation is 2. The standard InChI is InChI=1S/C18H30N4O/c1-4-19-18(20-10-9-17-13(2)21-23-14(17)3)22-11-15-7-5-6-8-16(15)12-22/h15-16H,4-12H2,1-3H3,(H,19,20). The fourth-order valence-corrected chi connectivity index (χ4v) is 4.14. The zero-order valence-electron chi connectivity index (χ0n) is 14.8. The summed E-state index contributed by atoms with van der Waals surface area (Å²) in [5, 5.41) is 7.51. The number of nitrogens with zero attached hydrogens (tertiary/aromatic N) is 3. The van der Waals surface area contributed by atoms with Crippen molar-refractivity contribution in [2.75, 3.05) is 26.2 Å². The summed E-state index contributed by atoms with van der Waals surface area (Å²) in [6, 6.07) is 0. The molecule has 0 aromatic carbocycles. The van der Waals surface area contributed by atoms with Crippen LogP contribution in [0.1, 0.15) is 49.6 Å². The van der Waals surface area contributed by atoms with Gasteiger partial charge in [-0.2, -0.15) is 0 Å². The second-order valence-corrected chi connectivity index (χ2v) is 7.00. The first-order chi connectivity index (χ1) is 11.2. The molecule has 2 heterocycles. The second kappa shape index (κ2) is 7.37. The lowest BCUT2D eigenvalue weighted by molar-refractivity contribution is 0.299. The van der Waals surface area contributed by atoms with Gasteiger partial charge in [0.25, 0.3) is 0 Å². The second-order valence-electron chi connectivity index (χ2n) is 7.00. The van der Waals surface area contributed by atoms with E-state index in [4.69, 9.17) is 9.52 Å². The molecule has 1 saturated heterocycles. The van der Waals surface area contributed by atoms with Gasteiger partial charge >= 0.3 is 0 Å². The van der Waals surface area contributed by atoms with E-state index < -0.39 is 0 Å². The van der Waals surface area contributed by atoms with Crippen molar-refractivity contribution in [2.24, 2.45) is 16.8 Å². The van der Waals surface area contributed by atoms with E-state index in [1.165, 1.54) is 44.3 Å². The van der Waals surface area contributed by atoms with E-state index in [-0.39, 0.29) is 0 Å². The highest BCUT2D eigenvalue weighted by molar-refractivity contribution is 5.80. The molecule has 5 heteroatoms. The maximum absolute atomic E-state index is 5.24. The topological polar surface area (TPSA) is 53.7 Å². The lowest BCUT2D eigenvalue weighted by Gasteiger charge is -2.22. The van der Waals surface area contributed by atoms with E-state index in [1.54, 1.807) is 0 Å². The van der Waals surface area contributed by atoms with Crippen molar-refractivity contribution in [2.45, 2.75) is 52.9 Å². The van der Waals surface area contributed by atoms with Gasteiger partial charge in [0.1, 0.15) is 5.76 Å². The Morgan fingerprint density at radius 3 is 2.52 bits per heavy atom. The number of rotatable bonds is 4. The minimum atomic E-state index is 0.789. The van der Waals surface area contributed by atoms with Gasteiger partial charge in [0.05, 0.1) is 5.69 Å². The van der Waals surface area contributed by atoms with E-state index in [1.807, 2.05) is 13.8 Å². The van der Waals surface area contributed by atoms with Gasteiger partial charge in [-0.15, -0.1) is 0 Å². The summed E-state index contributed by atoms with van der Waals surface area (Å²) in [4.78, 5) is 7.36. The SMILES string of the molecule is CCNC(=NCCc1c(C)noc1C)N1CC2CCCCC2C1. The molecule has 1 aliphatic carbocycles. The van der Waals surface area contributed by atoms with Crippen molar-refractivity contribution in [3.63, 3.8) is 0 Å². The molecule has 2 unspecified atom stereocenters. The van der Waals surface area contributed by atoms with Crippen LogP contribution in [-0.4, -0.2) is 42.2 Å². The van der Waals surface area contributed by atoms with Gasteiger partial charge < -0.3 is 14.7 Å². The van der Waals surface area contributed by atoms with E-state index in [0.29, 0.717) is 0 Å². The molecular formula is C18H30N4O. The number of hydrogen-bond acceptors (Lipinski definition) is 3. The van der Waals surface area contributed by atoms with E-state index in [2.05, 4.69) is 22.3 Å². The number of aliphatic imine (C=N–C) groups is 1. The average Bonchev–Trinajstić information content (AvgIpc) is 3.11. The Balaban J connectivity index is 1.62. The molecule has 0 bridgehead atoms. The summed E-state index contributed by atoms with van der Waals surface area (Å²) < 4.78 is 5.24. The predicted octanol–water partition coefficient (Wildman–Crippen LogP) is 2.92. The summed E-state index contributed by atoms with van der Waals surface area (Å²) in [6.07, 6.45) is 6.53. The summed E-state index contributed by atoms with van der Waals surface area (Å²) in [6.45, 7) is 10.2. The third kappa shape index (κ3) is 3.70. The smallest absolute Gasteiger partial charge is 0.193 e. The third-order valence-corrected chi connectivity index (χ3v) is 5.42. The number of hydrogen-bond donors (Lipinski definition) is 1. The molecule has 0 spiro atoms. The Bertz CT molecular complexity index is 518. The van der Waals surface area contributed by atoms with Gasteiger partial charge in [-0.1, -0.05) is 18.0 Å². The zero-order valence-corrected chi connectivity index (χ0v) is 14.8. The van der Waals surface area contributed by atoms with Crippen molar-refractivity contribution in [3.05, 3.63) is 17.0 Å². The zero-order chi connectivity index (χ0) is 16.2. The number of nitrogens with one attached hydrogen (secondary N) is 1. The monoisotopic (exact) mass is 318 g/mol. The van der Waals surface area contributed by atoms with E-state index in [0.717, 1.165) is 48.8 Å². The lowest BCUT2D eigenvalue weighted by Crippen LogP contribution is -2.40. The van der Waals surface area contributed by atoms with Gasteiger partial charge in [0.2, 0.25) is 0 Å². The molecule has 1 aromatic rings. The quantitative estimate of drug-likeness (QED) is 0.685. The van der Waals surface area contributed by atoms with Crippen LogP contribution in [0.2, 0.25) is 0 Å². The Hall–Kier alpha value is -1.52. The number of guanidine groups is 1. The van der Waals surface area contributed by atoms with E-state index >= 15 is 0 Å². The van der Waals surface area contributed by atoms with Crippen molar-refractivity contribution >= 4 is 5.96 Å². The van der Waals surface area contributed by atoms with Gasteiger partial charge in [-0.25, -0.2) is 0 Å². The summed E-state index contributed by atoms with van der Waals surface area (Å²) >= 11 is 0. The van der Waals surface area contributed by atoms with Crippen LogP contribution in [0.5, 0.6) is 0 Å². The summed E-state index contributed by atoms with van der Waals surface area (Å²) in [7, 11) is 0. The van der Waals surface area contributed by atoms with Gasteiger partial charge in [-0.3, -0.25) is 4.99 Å². The number of likely N-dealkylation sites (tertiary alicyclic amines) is 1. The molecule has 0 radical (unpaired) electrons. The van der Waals surface area contributed by atoms with E-state index in [9.17, 15) is 0 Å². The molecule has 1 aromatic heterocycles. The highest BCUT2D eigenvalue weighted by Crippen LogP contribution is 2.35. The van der Waals surface area contributed by atoms with Crippen LogP contribution in [0, 0.1) is 25.7 Å². The molecule has 1 saturated carbocycles. The number of fused-ring (bicyclic) bond motifs is 1. The van der Waals surface area contributed by atoms with Crippen molar-refractivity contribution < 1.29 is 4.52 Å². The minimum absolute atomic E-state index is 0.789. The van der Waals surface area contributed by atoms with Crippen LogP contribution >= 0.6 is 0 Å². The summed E-state index contributed by atoms with van der Waals surface area (Å²) in [5.41, 5.74) is 2.20. The molecule has 5 nitrogen and oxygen atoms in total. The van der Waals surface area contributed by atoms with Gasteiger partial charge in [0.15, 0.2) is 5.96 Å². The Morgan fingerprint density at radius 1 is 1.26 bits per heavy atom. The van der Waals surface area contributed by atoms with Crippen LogP contribution in [0.3, 0.4) is 0 Å². The van der Waals surface area contributed by atoms with Crippen LogP contribution in [0.25, 0.3) is 0 Å². The van der Waals surface area contributed by atoms with Gasteiger partial charge in [-0.05, 0) is 51.9 Å². The molecule has 23 heavy (non-hydrogen) atoms. The molecule has 2 atom stereocenters. The molecule has 2 aliphatic rings. The Labute approximate surface area is 139 Å². The normalized spacial score (nSPS) is 24.8. The van der Waals surface area contributed by atoms with Crippen molar-refractivity contribution in [1.82, 2.24) is 15.4 Å². The molecule has 2 fully saturated rings. The average molecular weight is 318 g/mol.